The van der Waals surface area contributed by atoms with E-state index in [9.17, 15) is 22.4 Å². The van der Waals surface area contributed by atoms with Crippen LogP contribution in [0.4, 0.5) is 10.1 Å². The van der Waals surface area contributed by atoms with E-state index in [2.05, 4.69) is 10.0 Å². The molecule has 8 nitrogen and oxygen atoms in total. The van der Waals surface area contributed by atoms with Gasteiger partial charge in [0.05, 0.1) is 4.90 Å². The average molecular weight is 443 g/mol. The van der Waals surface area contributed by atoms with Crippen molar-refractivity contribution in [2.24, 2.45) is 0 Å². The Morgan fingerprint density at radius 2 is 1.58 bits per heavy atom. The fourth-order valence-electron chi connectivity index (χ4n) is 2.76. The van der Waals surface area contributed by atoms with Crippen molar-refractivity contribution in [3.8, 4) is 0 Å². The lowest BCUT2D eigenvalue weighted by atomic mass is 10.1. The van der Waals surface area contributed by atoms with E-state index in [1.54, 1.807) is 30.3 Å². The molecule has 2 amide bonds. The third-order valence-corrected chi connectivity index (χ3v) is 5.71. The quantitative estimate of drug-likeness (QED) is 0.330. The molecule has 0 saturated heterocycles. The molecule has 0 bridgehead atoms. The molecule has 0 aromatic heterocycles. The molecule has 31 heavy (non-hydrogen) atoms. The molecule has 10 heteroatoms. The summed E-state index contributed by atoms with van der Waals surface area (Å²) >= 11 is 0. The van der Waals surface area contributed by atoms with E-state index < -0.39 is 33.7 Å². The molecule has 0 spiro atoms. The predicted octanol–water partition coefficient (Wildman–Crippen LogP) is 2.60. The topological polar surface area (TPSA) is 125 Å². The van der Waals surface area contributed by atoms with Crippen LogP contribution in [0.1, 0.15) is 22.0 Å². The highest BCUT2D eigenvalue weighted by Crippen LogP contribution is 2.21. The highest BCUT2D eigenvalue weighted by Gasteiger charge is 2.28. The third kappa shape index (κ3) is 5.51. The third-order valence-electron chi connectivity index (χ3n) is 4.29. The number of hydrogen-bond acceptors (Lipinski definition) is 5. The van der Waals surface area contributed by atoms with Crippen LogP contribution in [-0.4, -0.2) is 25.4 Å². The zero-order chi connectivity index (χ0) is 22.4. The van der Waals surface area contributed by atoms with Crippen molar-refractivity contribution >= 4 is 27.5 Å². The Hall–Kier alpha value is -3.60. The van der Waals surface area contributed by atoms with Crippen LogP contribution in [0, 0.1) is 5.82 Å². The second kappa shape index (κ2) is 9.47. The molecule has 1 atom stereocenters. The molecule has 0 fully saturated rings. The van der Waals surface area contributed by atoms with Gasteiger partial charge in [-0.3, -0.25) is 14.8 Å². The Bertz CT molecular complexity index is 1190. The van der Waals surface area contributed by atoms with Gasteiger partial charge in [-0.2, -0.15) is 4.72 Å². The van der Waals surface area contributed by atoms with E-state index in [4.69, 9.17) is 5.21 Å². The maximum atomic E-state index is 13.1. The standard InChI is InChI=1S/C21H18FN3O5S/c22-16-9-11-17(12-10-16)23-21(27)19(14-5-2-1-3-6-14)25-31(29,30)18-8-4-7-15(13-18)20(26)24-28/h1-13,19,25,28H,(H,23,27)(H,24,26)/t19-/m0/s1. The fourth-order valence-corrected chi connectivity index (χ4v) is 3.99. The SMILES string of the molecule is O=C(NO)c1cccc(S(=O)(=O)N[C@H](C(=O)Nc2ccc(F)cc2)c2ccccc2)c1. The number of carbonyl (C=O) groups is 2. The van der Waals surface area contributed by atoms with Gasteiger partial charge in [0.1, 0.15) is 11.9 Å². The van der Waals surface area contributed by atoms with Crippen LogP contribution in [0.5, 0.6) is 0 Å². The number of nitrogens with one attached hydrogen (secondary N) is 3. The summed E-state index contributed by atoms with van der Waals surface area (Å²) in [6.45, 7) is 0. The smallest absolute Gasteiger partial charge is 0.274 e. The van der Waals surface area contributed by atoms with Crippen LogP contribution in [0.2, 0.25) is 0 Å². The molecule has 4 N–H and O–H groups in total. The molecule has 3 aromatic rings. The van der Waals surface area contributed by atoms with Crippen LogP contribution < -0.4 is 15.5 Å². The van der Waals surface area contributed by atoms with Crippen molar-refractivity contribution in [1.82, 2.24) is 10.2 Å². The Labute approximate surface area is 177 Å². The number of rotatable bonds is 7. The zero-order valence-electron chi connectivity index (χ0n) is 15.9. The molecule has 0 aliphatic heterocycles. The van der Waals surface area contributed by atoms with Gasteiger partial charge in [-0.25, -0.2) is 18.3 Å². The zero-order valence-corrected chi connectivity index (χ0v) is 16.8. The minimum absolute atomic E-state index is 0.0857. The summed E-state index contributed by atoms with van der Waals surface area (Å²) in [6.07, 6.45) is 0. The summed E-state index contributed by atoms with van der Waals surface area (Å²) in [5, 5.41) is 11.3. The van der Waals surface area contributed by atoms with E-state index in [-0.39, 0.29) is 16.1 Å². The number of sulfonamides is 1. The molecular weight excluding hydrogens is 425 g/mol. The van der Waals surface area contributed by atoms with Gasteiger partial charge in [0, 0.05) is 11.3 Å². The lowest BCUT2D eigenvalue weighted by Crippen LogP contribution is -2.37. The summed E-state index contributed by atoms with van der Waals surface area (Å²) in [7, 11) is -4.25. The number of halogens is 1. The van der Waals surface area contributed by atoms with E-state index in [1.165, 1.54) is 35.8 Å². The monoisotopic (exact) mass is 443 g/mol. The molecule has 3 rings (SSSR count). The van der Waals surface area contributed by atoms with Crippen LogP contribution in [0.15, 0.2) is 83.8 Å². The summed E-state index contributed by atoms with van der Waals surface area (Å²) < 4.78 is 41.3. The van der Waals surface area contributed by atoms with Gasteiger partial charge in [0.15, 0.2) is 0 Å². The first kappa shape index (κ1) is 22.1. The maximum Gasteiger partial charge on any atom is 0.274 e. The molecule has 0 unspecified atom stereocenters. The lowest BCUT2D eigenvalue weighted by molar-refractivity contribution is -0.117. The first-order chi connectivity index (χ1) is 14.8. The van der Waals surface area contributed by atoms with Gasteiger partial charge < -0.3 is 5.32 Å². The summed E-state index contributed by atoms with van der Waals surface area (Å²) in [4.78, 5) is 24.2. The van der Waals surface area contributed by atoms with E-state index in [0.29, 0.717) is 5.56 Å². The van der Waals surface area contributed by atoms with Crippen molar-refractivity contribution in [2.45, 2.75) is 10.9 Å². The maximum absolute atomic E-state index is 13.1. The summed E-state index contributed by atoms with van der Waals surface area (Å²) in [5.41, 5.74) is 2.00. The number of hydrogen-bond donors (Lipinski definition) is 4. The number of benzene rings is 3. The predicted molar refractivity (Wildman–Crippen MR) is 110 cm³/mol. The second-order valence-electron chi connectivity index (χ2n) is 6.43. The van der Waals surface area contributed by atoms with Crippen LogP contribution in [0.25, 0.3) is 0 Å². The van der Waals surface area contributed by atoms with E-state index in [1.807, 2.05) is 0 Å². The van der Waals surface area contributed by atoms with E-state index in [0.717, 1.165) is 18.2 Å². The number of hydroxylamine groups is 1. The molecule has 160 valence electrons. The highest BCUT2D eigenvalue weighted by molar-refractivity contribution is 7.89. The highest BCUT2D eigenvalue weighted by atomic mass is 32.2. The first-order valence-corrected chi connectivity index (χ1v) is 10.5. The molecule has 0 aliphatic rings. The minimum Gasteiger partial charge on any atom is -0.324 e. The minimum atomic E-state index is -4.25. The first-order valence-electron chi connectivity index (χ1n) is 8.98. The number of anilines is 1. The van der Waals surface area contributed by atoms with E-state index >= 15 is 0 Å². The van der Waals surface area contributed by atoms with Gasteiger partial charge in [0.25, 0.3) is 5.91 Å². The average Bonchev–Trinajstić information content (AvgIpc) is 2.79. The Morgan fingerprint density at radius 3 is 2.23 bits per heavy atom. The molecule has 0 aliphatic carbocycles. The van der Waals surface area contributed by atoms with Gasteiger partial charge in [-0.05, 0) is 48.0 Å². The van der Waals surface area contributed by atoms with Crippen molar-refractivity contribution in [3.63, 3.8) is 0 Å². The summed E-state index contributed by atoms with van der Waals surface area (Å²) in [5.74, 6) is -2.05. The fraction of sp³-hybridized carbons (Fsp3) is 0.0476. The Morgan fingerprint density at radius 1 is 0.903 bits per heavy atom. The Kier molecular flexibility index (Phi) is 6.75. The molecule has 0 saturated carbocycles. The normalized spacial score (nSPS) is 12.1. The summed E-state index contributed by atoms with van der Waals surface area (Å²) in [6, 6.07) is 16.8. The Balaban J connectivity index is 1.92. The molecule has 0 radical (unpaired) electrons. The van der Waals surface area contributed by atoms with Crippen LogP contribution in [-0.2, 0) is 14.8 Å². The van der Waals surface area contributed by atoms with Crippen LogP contribution in [0.3, 0.4) is 0 Å². The van der Waals surface area contributed by atoms with Gasteiger partial charge in [-0.1, -0.05) is 36.4 Å². The lowest BCUT2D eigenvalue weighted by Gasteiger charge is -2.19. The van der Waals surface area contributed by atoms with Gasteiger partial charge in [0.2, 0.25) is 15.9 Å². The van der Waals surface area contributed by atoms with Crippen LogP contribution >= 0.6 is 0 Å². The van der Waals surface area contributed by atoms with Gasteiger partial charge >= 0.3 is 0 Å². The van der Waals surface area contributed by atoms with Crippen molar-refractivity contribution < 1.29 is 27.6 Å². The number of carbonyl (C=O) groups excluding carboxylic acids is 2. The largest absolute Gasteiger partial charge is 0.324 e. The number of amides is 2. The van der Waals surface area contributed by atoms with Crippen molar-refractivity contribution in [1.29, 1.82) is 0 Å². The molecule has 3 aromatic carbocycles. The molecular formula is C21H18FN3O5S. The second-order valence-corrected chi connectivity index (χ2v) is 8.14. The molecule has 0 heterocycles. The van der Waals surface area contributed by atoms with Gasteiger partial charge in [-0.15, -0.1) is 0 Å². The van der Waals surface area contributed by atoms with Crippen molar-refractivity contribution in [2.75, 3.05) is 5.32 Å². The van der Waals surface area contributed by atoms with Crippen molar-refractivity contribution in [3.05, 3.63) is 95.8 Å².